The van der Waals surface area contributed by atoms with Gasteiger partial charge in [0.2, 0.25) is 0 Å². The zero-order chi connectivity index (χ0) is 22.9. The van der Waals surface area contributed by atoms with Crippen LogP contribution in [0.3, 0.4) is 0 Å². The summed E-state index contributed by atoms with van der Waals surface area (Å²) in [7, 11) is -7.14. The van der Waals surface area contributed by atoms with Crippen LogP contribution >= 0.6 is 7.26 Å². The van der Waals surface area contributed by atoms with Crippen LogP contribution < -0.4 is 21.2 Å². The average molecular weight is 470 g/mol. The summed E-state index contributed by atoms with van der Waals surface area (Å²) in [6, 6.07) is 41.3. The SMILES string of the molecule is O=S(=O)(O)c1ccccc1[P+](c1ccccc1)(c1ccccc1)c1ccc2ccccc2c1. The van der Waals surface area contributed by atoms with Crippen LogP contribution in [0.4, 0.5) is 0 Å². The third kappa shape index (κ3) is 3.77. The highest BCUT2D eigenvalue weighted by Crippen LogP contribution is 2.55. The highest BCUT2D eigenvalue weighted by Gasteiger charge is 2.50. The minimum absolute atomic E-state index is 0.0563. The molecule has 0 aliphatic carbocycles. The predicted molar refractivity (Wildman–Crippen MR) is 139 cm³/mol. The maximum absolute atomic E-state index is 12.6. The van der Waals surface area contributed by atoms with Crippen LogP contribution in [0.1, 0.15) is 0 Å². The van der Waals surface area contributed by atoms with E-state index in [1.807, 2.05) is 60.7 Å². The summed E-state index contributed by atoms with van der Waals surface area (Å²) < 4.78 is 35.4. The van der Waals surface area contributed by atoms with Crippen LogP contribution in [-0.2, 0) is 10.1 Å². The van der Waals surface area contributed by atoms with Gasteiger partial charge in [-0.3, -0.25) is 4.55 Å². The molecule has 0 heterocycles. The van der Waals surface area contributed by atoms with E-state index in [9.17, 15) is 13.0 Å². The lowest BCUT2D eigenvalue weighted by Gasteiger charge is -2.28. The molecule has 1 N–H and O–H groups in total. The molecule has 0 aliphatic heterocycles. The topological polar surface area (TPSA) is 54.4 Å². The van der Waals surface area contributed by atoms with Gasteiger partial charge in [-0.05, 0) is 59.3 Å². The van der Waals surface area contributed by atoms with Crippen molar-refractivity contribution in [1.82, 2.24) is 0 Å². The molecule has 0 atom stereocenters. The van der Waals surface area contributed by atoms with Gasteiger partial charge in [-0.1, -0.05) is 78.9 Å². The first-order valence-corrected chi connectivity index (χ1v) is 13.8. The van der Waals surface area contributed by atoms with E-state index in [0.717, 1.165) is 26.7 Å². The van der Waals surface area contributed by atoms with Crippen molar-refractivity contribution in [2.24, 2.45) is 0 Å². The van der Waals surface area contributed by atoms with Gasteiger partial charge in [0.15, 0.2) is 0 Å². The second-order valence-corrected chi connectivity index (χ2v) is 12.6. The van der Waals surface area contributed by atoms with E-state index in [-0.39, 0.29) is 4.90 Å². The zero-order valence-corrected chi connectivity index (χ0v) is 19.5. The predicted octanol–water partition coefficient (Wildman–Crippen LogP) is 4.71. The normalized spacial score (nSPS) is 12.0. The van der Waals surface area contributed by atoms with Gasteiger partial charge in [0, 0.05) is 0 Å². The van der Waals surface area contributed by atoms with Crippen LogP contribution in [0.15, 0.2) is 132 Å². The van der Waals surface area contributed by atoms with Crippen LogP contribution in [0.25, 0.3) is 10.8 Å². The van der Waals surface area contributed by atoms with E-state index in [4.69, 9.17) is 0 Å². The molecule has 5 aromatic rings. The minimum atomic E-state index is -4.46. The van der Waals surface area contributed by atoms with Crippen molar-refractivity contribution in [2.75, 3.05) is 0 Å². The van der Waals surface area contributed by atoms with Crippen molar-refractivity contribution in [2.45, 2.75) is 4.90 Å². The van der Waals surface area contributed by atoms with Crippen LogP contribution in [0.2, 0.25) is 0 Å². The molecule has 33 heavy (non-hydrogen) atoms. The highest BCUT2D eigenvalue weighted by molar-refractivity contribution is 8.02. The Kier molecular flexibility index (Phi) is 5.59. The summed E-state index contributed by atoms with van der Waals surface area (Å²) in [6.07, 6.45) is 0. The summed E-state index contributed by atoms with van der Waals surface area (Å²) in [6.45, 7) is 0. The smallest absolute Gasteiger partial charge is 0.282 e. The average Bonchev–Trinajstić information content (AvgIpc) is 2.85. The van der Waals surface area contributed by atoms with Gasteiger partial charge in [0.05, 0.1) is 0 Å². The summed E-state index contributed by atoms with van der Waals surface area (Å²) in [5.41, 5.74) is 0. The Morgan fingerprint density at radius 3 is 1.64 bits per heavy atom. The molecule has 0 amide bonds. The fourth-order valence-electron chi connectivity index (χ4n) is 4.51. The van der Waals surface area contributed by atoms with Gasteiger partial charge in [0.1, 0.15) is 33.4 Å². The molecule has 5 heteroatoms. The Hall–Kier alpha value is -3.30. The number of fused-ring (bicyclic) bond motifs is 1. The lowest BCUT2D eigenvalue weighted by molar-refractivity contribution is 0.484. The van der Waals surface area contributed by atoms with Gasteiger partial charge in [-0.15, -0.1) is 0 Å². The molecule has 0 fully saturated rings. The third-order valence-corrected chi connectivity index (χ3v) is 11.3. The van der Waals surface area contributed by atoms with Crippen molar-refractivity contribution in [1.29, 1.82) is 0 Å². The number of hydrogen-bond donors (Lipinski definition) is 1. The van der Waals surface area contributed by atoms with Crippen molar-refractivity contribution in [3.63, 3.8) is 0 Å². The standard InChI is InChI=1S/C28H21O3PS/c29-33(30,31)28-18-10-9-17-27(28)32(24-13-3-1-4-14-24,25-15-5-2-6-16-25)26-20-19-22-11-7-8-12-23(22)21-26/h1-21H/p+1. The number of benzene rings is 5. The van der Waals surface area contributed by atoms with Crippen molar-refractivity contribution in [3.05, 3.63) is 127 Å². The number of hydrogen-bond acceptors (Lipinski definition) is 2. The maximum atomic E-state index is 12.6. The van der Waals surface area contributed by atoms with E-state index < -0.39 is 17.4 Å². The van der Waals surface area contributed by atoms with Gasteiger partial charge in [0.25, 0.3) is 10.1 Å². The van der Waals surface area contributed by atoms with E-state index in [2.05, 4.69) is 54.6 Å². The third-order valence-electron chi connectivity index (χ3n) is 5.91. The summed E-state index contributed by atoms with van der Waals surface area (Å²) >= 11 is 0. The van der Waals surface area contributed by atoms with Crippen molar-refractivity contribution >= 4 is 49.4 Å². The zero-order valence-electron chi connectivity index (χ0n) is 17.7. The van der Waals surface area contributed by atoms with E-state index >= 15 is 0 Å². The fraction of sp³-hybridized carbons (Fsp3) is 0. The molecular weight excluding hydrogens is 447 g/mol. The molecule has 0 bridgehead atoms. The molecule has 5 aromatic carbocycles. The first kappa shape index (κ1) is 21.5. The fourth-order valence-corrected chi connectivity index (χ4v) is 10.2. The van der Waals surface area contributed by atoms with Gasteiger partial charge in [-0.25, -0.2) is 0 Å². The Morgan fingerprint density at radius 1 is 0.515 bits per heavy atom. The Labute approximate surface area is 194 Å². The van der Waals surface area contributed by atoms with Crippen LogP contribution in [-0.4, -0.2) is 13.0 Å². The lowest BCUT2D eigenvalue weighted by atomic mass is 10.1. The first-order valence-electron chi connectivity index (χ1n) is 10.6. The lowest BCUT2D eigenvalue weighted by Crippen LogP contribution is -2.40. The molecule has 0 saturated carbocycles. The molecular formula is C28H22O3PS+. The summed E-state index contributed by atoms with van der Waals surface area (Å²) in [5, 5.41) is 5.86. The second kappa shape index (κ2) is 8.57. The molecule has 0 saturated heterocycles. The van der Waals surface area contributed by atoms with E-state index in [1.165, 1.54) is 6.07 Å². The molecule has 0 aromatic heterocycles. The monoisotopic (exact) mass is 469 g/mol. The molecule has 0 radical (unpaired) electrons. The van der Waals surface area contributed by atoms with Gasteiger partial charge >= 0.3 is 0 Å². The maximum Gasteiger partial charge on any atom is 0.298 e. The van der Waals surface area contributed by atoms with Crippen molar-refractivity contribution in [3.8, 4) is 0 Å². The van der Waals surface area contributed by atoms with Crippen molar-refractivity contribution < 1.29 is 13.0 Å². The van der Waals surface area contributed by atoms with E-state index in [0.29, 0.717) is 5.30 Å². The molecule has 0 unspecified atom stereocenters. The van der Waals surface area contributed by atoms with Crippen LogP contribution in [0, 0.1) is 0 Å². The van der Waals surface area contributed by atoms with Gasteiger partial charge in [-0.2, -0.15) is 8.42 Å². The molecule has 162 valence electrons. The first-order chi connectivity index (χ1) is 16.0. The molecule has 0 spiro atoms. The van der Waals surface area contributed by atoms with E-state index in [1.54, 1.807) is 6.07 Å². The molecule has 3 nitrogen and oxygen atoms in total. The Morgan fingerprint density at radius 2 is 1.03 bits per heavy atom. The summed E-state index contributed by atoms with van der Waals surface area (Å²) in [5.74, 6) is 0. The molecule has 0 aliphatic rings. The minimum Gasteiger partial charge on any atom is -0.282 e. The Balaban J connectivity index is 1.99. The highest BCUT2D eigenvalue weighted by atomic mass is 32.2. The number of rotatable bonds is 5. The summed E-state index contributed by atoms with van der Waals surface area (Å²) in [4.78, 5) is -0.0563. The quantitative estimate of drug-likeness (QED) is 0.300. The van der Waals surface area contributed by atoms with Crippen LogP contribution in [0.5, 0.6) is 0 Å². The molecule has 5 rings (SSSR count). The second-order valence-electron chi connectivity index (χ2n) is 7.82. The Bertz CT molecular complexity index is 1490. The van der Waals surface area contributed by atoms with Gasteiger partial charge < -0.3 is 0 Å². The largest absolute Gasteiger partial charge is 0.298 e.